The lowest BCUT2D eigenvalue weighted by atomic mass is 10.2. The van der Waals surface area contributed by atoms with Crippen LogP contribution in [0, 0.1) is 13.8 Å². The maximum atomic E-state index is 11.1. The Balaban J connectivity index is 1.93. The number of hydrogen-bond acceptors (Lipinski definition) is 4. The number of hydrogen-bond donors (Lipinski definition) is 2. The molecular weight excluding hydrogens is 292 g/mol. The van der Waals surface area contributed by atoms with Crippen molar-refractivity contribution in [1.82, 2.24) is 14.8 Å². The summed E-state index contributed by atoms with van der Waals surface area (Å²) < 4.78 is 1.93. The average molecular weight is 309 g/mol. The first-order valence-electron chi connectivity index (χ1n) is 6.62. The van der Waals surface area contributed by atoms with Crippen LogP contribution in [0.5, 0.6) is 0 Å². The quantitative estimate of drug-likeness (QED) is 0.633. The maximum absolute atomic E-state index is 11.1. The third-order valence-electron chi connectivity index (χ3n) is 3.03. The molecule has 2 N–H and O–H groups in total. The third-order valence-corrected chi connectivity index (χ3v) is 3.24. The van der Waals surface area contributed by atoms with Crippen LogP contribution in [0.4, 0.5) is 5.82 Å². The van der Waals surface area contributed by atoms with E-state index in [1.54, 1.807) is 0 Å². The maximum Gasteiger partial charge on any atom is 0.339 e. The fraction of sp³-hybridized carbons (Fsp3) is 0.357. The van der Waals surface area contributed by atoms with Crippen LogP contribution in [0.25, 0.3) is 0 Å². The van der Waals surface area contributed by atoms with Crippen molar-refractivity contribution in [2.24, 2.45) is 0 Å². The average Bonchev–Trinajstić information content (AvgIpc) is 2.73. The van der Waals surface area contributed by atoms with Gasteiger partial charge in [0, 0.05) is 18.8 Å². The Hall–Kier alpha value is -2.08. The topological polar surface area (TPSA) is 80.0 Å². The second kappa shape index (κ2) is 6.58. The normalized spacial score (nSPS) is 10.6. The van der Waals surface area contributed by atoms with Crippen LogP contribution in [0.3, 0.4) is 0 Å². The smallest absolute Gasteiger partial charge is 0.339 e. The van der Waals surface area contributed by atoms with Gasteiger partial charge in [-0.25, -0.2) is 9.78 Å². The minimum absolute atomic E-state index is 0.116. The second-order valence-corrected chi connectivity index (χ2v) is 5.15. The van der Waals surface area contributed by atoms with Crippen molar-refractivity contribution >= 4 is 23.4 Å². The van der Waals surface area contributed by atoms with Gasteiger partial charge in [-0.1, -0.05) is 11.6 Å². The fourth-order valence-corrected chi connectivity index (χ4v) is 2.23. The molecule has 6 nitrogen and oxygen atoms in total. The highest BCUT2D eigenvalue weighted by molar-refractivity contribution is 6.29. The van der Waals surface area contributed by atoms with Crippen LogP contribution in [-0.4, -0.2) is 32.4 Å². The molecule has 112 valence electrons. The Bertz CT molecular complexity index is 654. The number of carboxylic acids is 1. The molecule has 21 heavy (non-hydrogen) atoms. The Labute approximate surface area is 127 Å². The van der Waals surface area contributed by atoms with Gasteiger partial charge in [0.15, 0.2) is 0 Å². The number of halogens is 1. The molecule has 0 amide bonds. The summed E-state index contributed by atoms with van der Waals surface area (Å²) in [7, 11) is 0. The van der Waals surface area contributed by atoms with Crippen molar-refractivity contribution in [2.45, 2.75) is 26.8 Å². The van der Waals surface area contributed by atoms with Crippen molar-refractivity contribution in [1.29, 1.82) is 0 Å². The molecule has 0 bridgehead atoms. The summed E-state index contributed by atoms with van der Waals surface area (Å²) in [5, 5.41) is 16.7. The number of pyridine rings is 1. The number of nitrogens with one attached hydrogen (secondary N) is 1. The number of aromatic carboxylic acids is 1. The van der Waals surface area contributed by atoms with Gasteiger partial charge in [-0.15, -0.1) is 0 Å². The van der Waals surface area contributed by atoms with Crippen molar-refractivity contribution in [3.8, 4) is 0 Å². The molecule has 2 rings (SSSR count). The molecule has 2 aromatic heterocycles. The first-order valence-corrected chi connectivity index (χ1v) is 7.00. The summed E-state index contributed by atoms with van der Waals surface area (Å²) in [5.41, 5.74) is 2.22. The van der Waals surface area contributed by atoms with Crippen LogP contribution < -0.4 is 5.32 Å². The highest BCUT2D eigenvalue weighted by Gasteiger charge is 2.11. The number of nitrogens with zero attached hydrogens (tertiary/aromatic N) is 3. The molecule has 0 spiro atoms. The van der Waals surface area contributed by atoms with Gasteiger partial charge in [-0.2, -0.15) is 5.10 Å². The monoisotopic (exact) mass is 308 g/mol. The zero-order valence-corrected chi connectivity index (χ0v) is 12.7. The van der Waals surface area contributed by atoms with Gasteiger partial charge in [0.05, 0.1) is 5.69 Å². The van der Waals surface area contributed by atoms with E-state index in [2.05, 4.69) is 15.4 Å². The van der Waals surface area contributed by atoms with E-state index in [0.29, 0.717) is 12.4 Å². The Morgan fingerprint density at radius 1 is 1.43 bits per heavy atom. The van der Waals surface area contributed by atoms with E-state index in [4.69, 9.17) is 16.7 Å². The lowest BCUT2D eigenvalue weighted by molar-refractivity contribution is 0.0697. The summed E-state index contributed by atoms with van der Waals surface area (Å²) in [6.07, 6.45) is 0.801. The highest BCUT2D eigenvalue weighted by Crippen LogP contribution is 2.16. The van der Waals surface area contributed by atoms with Gasteiger partial charge < -0.3 is 10.4 Å². The highest BCUT2D eigenvalue weighted by atomic mass is 35.5. The molecule has 0 unspecified atom stereocenters. The van der Waals surface area contributed by atoms with Crippen molar-refractivity contribution < 1.29 is 9.90 Å². The van der Waals surface area contributed by atoms with E-state index in [0.717, 1.165) is 24.4 Å². The molecule has 0 aliphatic rings. The molecule has 0 aliphatic carbocycles. The SMILES string of the molecule is Cc1cc(C)n(CCCNc2nc(Cl)ccc2C(=O)O)n1. The van der Waals surface area contributed by atoms with E-state index >= 15 is 0 Å². The molecular formula is C14H17ClN4O2. The Kier molecular flexibility index (Phi) is 4.80. The van der Waals surface area contributed by atoms with E-state index in [-0.39, 0.29) is 10.7 Å². The molecule has 0 aromatic carbocycles. The van der Waals surface area contributed by atoms with Crippen LogP contribution in [-0.2, 0) is 6.54 Å². The van der Waals surface area contributed by atoms with E-state index < -0.39 is 5.97 Å². The number of aromatic nitrogens is 3. The van der Waals surface area contributed by atoms with Gasteiger partial charge in [0.1, 0.15) is 16.5 Å². The zero-order valence-electron chi connectivity index (χ0n) is 11.9. The predicted octanol–water partition coefficient (Wildman–Crippen LogP) is 2.75. The van der Waals surface area contributed by atoms with E-state index in [1.807, 2.05) is 24.6 Å². The summed E-state index contributed by atoms with van der Waals surface area (Å²) in [5.74, 6) is -0.733. The van der Waals surface area contributed by atoms with Crippen LogP contribution >= 0.6 is 11.6 Å². The summed E-state index contributed by atoms with van der Waals surface area (Å²) >= 11 is 5.80. The van der Waals surface area contributed by atoms with Crippen molar-refractivity contribution in [3.05, 3.63) is 40.3 Å². The first kappa shape index (κ1) is 15.3. The van der Waals surface area contributed by atoms with E-state index in [1.165, 1.54) is 12.1 Å². The van der Waals surface area contributed by atoms with Crippen LogP contribution in [0.15, 0.2) is 18.2 Å². The Morgan fingerprint density at radius 3 is 2.81 bits per heavy atom. The summed E-state index contributed by atoms with van der Waals surface area (Å²) in [4.78, 5) is 15.1. The minimum atomic E-state index is -1.03. The van der Waals surface area contributed by atoms with Gasteiger partial charge >= 0.3 is 5.97 Å². The molecule has 0 saturated heterocycles. The van der Waals surface area contributed by atoms with Gasteiger partial charge in [0.2, 0.25) is 0 Å². The molecule has 0 saturated carbocycles. The summed E-state index contributed by atoms with van der Waals surface area (Å²) in [6, 6.07) is 4.93. The number of carbonyl (C=O) groups is 1. The van der Waals surface area contributed by atoms with Gasteiger partial charge in [0.25, 0.3) is 0 Å². The molecule has 0 atom stereocenters. The molecule has 2 heterocycles. The molecule has 0 radical (unpaired) electrons. The second-order valence-electron chi connectivity index (χ2n) is 4.77. The third kappa shape index (κ3) is 3.95. The minimum Gasteiger partial charge on any atom is -0.478 e. The zero-order chi connectivity index (χ0) is 15.4. The molecule has 2 aromatic rings. The Morgan fingerprint density at radius 2 is 2.19 bits per heavy atom. The lowest BCUT2D eigenvalue weighted by Gasteiger charge is -2.09. The number of carboxylic acid groups (broad SMARTS) is 1. The largest absolute Gasteiger partial charge is 0.478 e. The van der Waals surface area contributed by atoms with Gasteiger partial charge in [-0.3, -0.25) is 4.68 Å². The number of aryl methyl sites for hydroxylation is 3. The van der Waals surface area contributed by atoms with Gasteiger partial charge in [-0.05, 0) is 38.5 Å². The standard InChI is InChI=1S/C14H17ClN4O2/c1-9-8-10(2)19(18-9)7-3-6-16-13-11(14(20)21)4-5-12(15)17-13/h4-5,8H,3,6-7H2,1-2H3,(H,16,17)(H,20,21). The summed E-state index contributed by atoms with van der Waals surface area (Å²) in [6.45, 7) is 5.31. The fourth-order valence-electron chi connectivity index (χ4n) is 2.08. The molecule has 7 heteroatoms. The molecule has 0 aliphatic heterocycles. The van der Waals surface area contributed by atoms with Crippen LogP contribution in [0.1, 0.15) is 28.2 Å². The number of anilines is 1. The van der Waals surface area contributed by atoms with Crippen molar-refractivity contribution in [3.63, 3.8) is 0 Å². The van der Waals surface area contributed by atoms with E-state index in [9.17, 15) is 4.79 Å². The van der Waals surface area contributed by atoms with Crippen molar-refractivity contribution in [2.75, 3.05) is 11.9 Å². The predicted molar refractivity (Wildman–Crippen MR) is 81.0 cm³/mol. The number of rotatable bonds is 6. The lowest BCUT2D eigenvalue weighted by Crippen LogP contribution is -2.12. The van der Waals surface area contributed by atoms with Crippen LogP contribution in [0.2, 0.25) is 5.15 Å². The molecule has 0 fully saturated rings. The first-order chi connectivity index (χ1) is 9.97.